The molecule has 0 rings (SSSR count). The number of hydrogen-bond acceptors (Lipinski definition) is 1. The van der Waals surface area contributed by atoms with Crippen molar-refractivity contribution in [2.24, 2.45) is 0 Å². The molecule has 0 aromatic heterocycles. The van der Waals surface area contributed by atoms with Gasteiger partial charge >= 0.3 is 0 Å². The van der Waals surface area contributed by atoms with Crippen LogP contribution in [0.5, 0.6) is 0 Å². The normalized spacial score (nSPS) is 12.0. The lowest BCUT2D eigenvalue weighted by molar-refractivity contribution is -0.890. The Morgan fingerprint density at radius 2 is 0.700 bits per heavy atom. The molecule has 30 heavy (non-hydrogen) atoms. The molecule has 0 amide bonds. The Hall–Kier alpha value is -0.0800. The lowest BCUT2D eigenvalue weighted by atomic mass is 10.1. The summed E-state index contributed by atoms with van der Waals surface area (Å²) in [7, 11) is 4.87. The van der Waals surface area contributed by atoms with Crippen LogP contribution in [0.3, 0.4) is 0 Å². The van der Waals surface area contributed by atoms with Gasteiger partial charge in [0.25, 0.3) is 0 Å². The van der Waals surface area contributed by atoms with Crippen LogP contribution in [0.25, 0.3) is 0 Å². The Morgan fingerprint density at radius 3 is 1.07 bits per heavy atom. The maximum absolute atomic E-state index is 3.66. The van der Waals surface area contributed by atoms with Gasteiger partial charge in [0.15, 0.2) is 0 Å². The van der Waals surface area contributed by atoms with E-state index in [9.17, 15) is 0 Å². The van der Waals surface area contributed by atoms with Gasteiger partial charge in [-0.15, -0.1) is 0 Å². The van der Waals surface area contributed by atoms with Gasteiger partial charge in [-0.2, -0.15) is 0 Å². The summed E-state index contributed by atoms with van der Waals surface area (Å²) >= 11 is 0. The van der Waals surface area contributed by atoms with Crippen LogP contribution in [0.4, 0.5) is 0 Å². The minimum Gasteiger partial charge on any atom is -0.328 e. The van der Waals surface area contributed by atoms with Gasteiger partial charge in [0.1, 0.15) is 0 Å². The molecule has 0 heterocycles. The fourth-order valence-corrected chi connectivity index (χ4v) is 4.44. The number of quaternary nitrogens is 1. The topological polar surface area (TPSA) is 12.0 Å². The molecule has 0 aliphatic rings. The zero-order valence-electron chi connectivity index (χ0n) is 21.9. The van der Waals surface area contributed by atoms with Crippen LogP contribution in [0.2, 0.25) is 0 Å². The van der Waals surface area contributed by atoms with Gasteiger partial charge in [0.2, 0.25) is 0 Å². The van der Waals surface area contributed by atoms with Gasteiger partial charge < -0.3 is 9.80 Å². The van der Waals surface area contributed by atoms with Crippen LogP contribution in [-0.2, 0) is 0 Å². The van der Waals surface area contributed by atoms with Crippen molar-refractivity contribution in [1.82, 2.24) is 5.32 Å². The molecule has 0 aromatic carbocycles. The molecule has 0 fully saturated rings. The van der Waals surface area contributed by atoms with E-state index in [1.807, 2.05) is 0 Å². The van der Waals surface area contributed by atoms with Crippen LogP contribution in [0, 0.1) is 0 Å². The number of nitrogens with zero attached hydrogens (tertiary/aromatic N) is 1. The second-order valence-electron chi connectivity index (χ2n) is 10.5. The second kappa shape index (κ2) is 23.6. The maximum Gasteiger partial charge on any atom is 0.0782 e. The molecule has 0 saturated heterocycles. The molecule has 2 heteroatoms. The van der Waals surface area contributed by atoms with E-state index in [2.05, 4.69) is 33.3 Å². The van der Waals surface area contributed by atoms with Crippen molar-refractivity contribution in [2.45, 2.75) is 142 Å². The van der Waals surface area contributed by atoms with Gasteiger partial charge in [0.05, 0.1) is 27.2 Å². The Kier molecular flexibility index (Phi) is 23.5. The molecule has 2 nitrogen and oxygen atoms in total. The Bertz CT molecular complexity index is 314. The average Bonchev–Trinajstić information content (AvgIpc) is 2.72. The standard InChI is InChI=1S/C28H61N2/c1-5-7-9-11-13-15-17-21-25-29-26-22-18-20-24-28-30(3,4)27-23-19-16-14-12-10-8-6-2/h29H,5-28H2,1-4H3/q+1. The number of rotatable bonds is 25. The highest BCUT2D eigenvalue weighted by Gasteiger charge is 2.13. The predicted octanol–water partition coefficient (Wildman–Crippen LogP) is 8.49. The van der Waals surface area contributed by atoms with Gasteiger partial charge in [-0.3, -0.25) is 0 Å². The summed E-state index contributed by atoms with van der Waals surface area (Å²) in [6, 6.07) is 0. The monoisotopic (exact) mass is 425 g/mol. The highest BCUT2D eigenvalue weighted by atomic mass is 15.3. The summed E-state index contributed by atoms with van der Waals surface area (Å²) in [4.78, 5) is 0. The third-order valence-corrected chi connectivity index (χ3v) is 6.69. The Morgan fingerprint density at radius 1 is 0.400 bits per heavy atom. The highest BCUT2D eigenvalue weighted by molar-refractivity contribution is 4.52. The van der Waals surface area contributed by atoms with Gasteiger partial charge in [0, 0.05) is 0 Å². The summed E-state index contributed by atoms with van der Waals surface area (Å²) in [5, 5.41) is 3.66. The van der Waals surface area contributed by atoms with E-state index >= 15 is 0 Å². The van der Waals surface area contributed by atoms with E-state index in [-0.39, 0.29) is 0 Å². The predicted molar refractivity (Wildman–Crippen MR) is 138 cm³/mol. The summed E-state index contributed by atoms with van der Waals surface area (Å²) in [6.07, 6.45) is 28.4. The molecule has 0 aromatic rings. The van der Waals surface area contributed by atoms with Crippen molar-refractivity contribution in [3.63, 3.8) is 0 Å². The van der Waals surface area contributed by atoms with E-state index < -0.39 is 0 Å². The zero-order valence-corrected chi connectivity index (χ0v) is 21.9. The summed E-state index contributed by atoms with van der Waals surface area (Å²) in [5.41, 5.74) is 0. The molecule has 1 N–H and O–H groups in total. The maximum atomic E-state index is 3.66. The van der Waals surface area contributed by atoms with Crippen molar-refractivity contribution in [3.8, 4) is 0 Å². The summed E-state index contributed by atoms with van der Waals surface area (Å²) in [6.45, 7) is 9.79. The highest BCUT2D eigenvalue weighted by Crippen LogP contribution is 2.12. The molecule has 0 unspecified atom stereocenters. The molecule has 0 spiro atoms. The molecule has 0 atom stereocenters. The molecule has 0 radical (unpaired) electrons. The molecule has 182 valence electrons. The smallest absolute Gasteiger partial charge is 0.0782 e. The number of nitrogens with one attached hydrogen (secondary N) is 1. The minimum absolute atomic E-state index is 1.23. The largest absolute Gasteiger partial charge is 0.328 e. The fraction of sp³-hybridized carbons (Fsp3) is 1.00. The average molecular weight is 426 g/mol. The summed E-state index contributed by atoms with van der Waals surface area (Å²) < 4.78 is 1.23. The number of hydrogen-bond donors (Lipinski definition) is 1. The van der Waals surface area contributed by atoms with E-state index in [1.54, 1.807) is 0 Å². The Balaban J connectivity index is 3.26. The molecular weight excluding hydrogens is 364 g/mol. The van der Waals surface area contributed by atoms with E-state index in [0.717, 1.165) is 0 Å². The van der Waals surface area contributed by atoms with Crippen molar-refractivity contribution in [3.05, 3.63) is 0 Å². The first kappa shape index (κ1) is 29.9. The van der Waals surface area contributed by atoms with Crippen molar-refractivity contribution in [2.75, 3.05) is 40.3 Å². The third-order valence-electron chi connectivity index (χ3n) is 6.69. The van der Waals surface area contributed by atoms with Gasteiger partial charge in [-0.25, -0.2) is 0 Å². The SMILES string of the molecule is CCCCCCCCCCNCCCCCC[N+](C)(C)CCCCCCCCCC. The van der Waals surface area contributed by atoms with Crippen LogP contribution in [0.15, 0.2) is 0 Å². The van der Waals surface area contributed by atoms with Crippen LogP contribution >= 0.6 is 0 Å². The molecule has 0 saturated carbocycles. The molecule has 0 aliphatic heterocycles. The zero-order chi connectivity index (χ0) is 22.2. The van der Waals surface area contributed by atoms with E-state index in [0.29, 0.717) is 0 Å². The Labute approximate surface area is 192 Å². The van der Waals surface area contributed by atoms with Crippen LogP contribution < -0.4 is 5.32 Å². The first-order valence-electron chi connectivity index (χ1n) is 14.1. The first-order valence-corrected chi connectivity index (χ1v) is 14.1. The van der Waals surface area contributed by atoms with E-state index in [4.69, 9.17) is 0 Å². The van der Waals surface area contributed by atoms with Crippen LogP contribution in [-0.4, -0.2) is 44.8 Å². The van der Waals surface area contributed by atoms with E-state index in [1.165, 1.54) is 159 Å². The summed E-state index contributed by atoms with van der Waals surface area (Å²) in [5.74, 6) is 0. The third kappa shape index (κ3) is 24.2. The lowest BCUT2D eigenvalue weighted by Crippen LogP contribution is -2.41. The molecule has 0 aliphatic carbocycles. The van der Waals surface area contributed by atoms with Crippen LogP contribution in [0.1, 0.15) is 142 Å². The fourth-order valence-electron chi connectivity index (χ4n) is 4.44. The van der Waals surface area contributed by atoms with Crippen molar-refractivity contribution >= 4 is 0 Å². The van der Waals surface area contributed by atoms with Crippen molar-refractivity contribution < 1.29 is 4.48 Å². The lowest BCUT2D eigenvalue weighted by Gasteiger charge is -2.30. The first-order chi connectivity index (χ1) is 14.6. The van der Waals surface area contributed by atoms with Crippen molar-refractivity contribution in [1.29, 1.82) is 0 Å². The second-order valence-corrected chi connectivity index (χ2v) is 10.5. The van der Waals surface area contributed by atoms with Gasteiger partial charge in [-0.05, 0) is 51.6 Å². The molecule has 0 bridgehead atoms. The minimum atomic E-state index is 1.23. The number of unbranched alkanes of at least 4 members (excludes halogenated alkanes) is 17. The molecular formula is C28H61N2+. The quantitative estimate of drug-likeness (QED) is 0.114. The van der Waals surface area contributed by atoms with Gasteiger partial charge in [-0.1, -0.05) is 104 Å².